The molecule has 10 heteroatoms. The van der Waals surface area contributed by atoms with E-state index >= 15 is 0 Å². The molecule has 0 aliphatic carbocycles. The van der Waals surface area contributed by atoms with Gasteiger partial charge in [0.2, 0.25) is 10.0 Å². The number of carbonyl (C=O) groups excluding carboxylic acids is 1. The second-order valence-electron chi connectivity index (χ2n) is 7.89. The Hall–Kier alpha value is -2.52. The average molecular weight is 467 g/mol. The van der Waals surface area contributed by atoms with Crippen molar-refractivity contribution >= 4 is 38.6 Å². The summed E-state index contributed by atoms with van der Waals surface area (Å²) in [6.45, 7) is 6.00. The Balaban J connectivity index is 1.78. The minimum Gasteiger partial charge on any atom is -0.449 e. The lowest BCUT2D eigenvalue weighted by atomic mass is 10.1. The van der Waals surface area contributed by atoms with Gasteiger partial charge in [0, 0.05) is 29.2 Å². The number of hydrogen-bond acceptors (Lipinski definition) is 5. The van der Waals surface area contributed by atoms with E-state index in [0.29, 0.717) is 17.4 Å². The molecule has 0 unspecified atom stereocenters. The molecule has 2 heterocycles. The van der Waals surface area contributed by atoms with E-state index < -0.39 is 16.1 Å². The summed E-state index contributed by atoms with van der Waals surface area (Å²) in [5.74, 6) is 0.860. The van der Waals surface area contributed by atoms with Crippen LogP contribution in [-0.2, 0) is 28.2 Å². The van der Waals surface area contributed by atoms with E-state index in [4.69, 9.17) is 16.3 Å². The smallest absolute Gasteiger partial charge is 0.420 e. The Labute approximate surface area is 187 Å². The van der Waals surface area contributed by atoms with Crippen molar-refractivity contribution in [2.24, 2.45) is 13.0 Å². The van der Waals surface area contributed by atoms with Gasteiger partial charge in [0.1, 0.15) is 5.82 Å². The van der Waals surface area contributed by atoms with Gasteiger partial charge in [-0.15, -0.1) is 0 Å². The van der Waals surface area contributed by atoms with Crippen molar-refractivity contribution in [1.82, 2.24) is 19.1 Å². The highest BCUT2D eigenvalue weighted by atomic mass is 35.5. The van der Waals surface area contributed by atoms with Gasteiger partial charge in [-0.1, -0.05) is 25.4 Å². The van der Waals surface area contributed by atoms with Crippen molar-refractivity contribution in [2.45, 2.75) is 33.6 Å². The lowest BCUT2D eigenvalue weighted by molar-refractivity contribution is 0.146. The van der Waals surface area contributed by atoms with Crippen molar-refractivity contribution in [3.05, 3.63) is 46.7 Å². The minimum atomic E-state index is -3.86. The lowest BCUT2D eigenvalue weighted by Gasteiger charge is -2.11. The summed E-state index contributed by atoms with van der Waals surface area (Å²) in [6.07, 6.45) is 1.82. The molecule has 0 aliphatic heterocycles. The standard InChI is InChI=1S/C21H27ClN4O4S/c1-14(2)8-11-30-21(27)24-31(28,29)12-9-18-15(3)23-25(4)20(18)26-10-7-16-13-17(22)5-6-19(16)26/h5-7,10,13-14H,8-9,11-12H2,1-4H3,(H,24,27). The maximum Gasteiger partial charge on any atom is 0.420 e. The first-order chi connectivity index (χ1) is 14.6. The summed E-state index contributed by atoms with van der Waals surface area (Å²) in [4.78, 5) is 11.8. The molecule has 0 fully saturated rings. The number of benzene rings is 1. The van der Waals surface area contributed by atoms with Crippen LogP contribution in [0.3, 0.4) is 0 Å². The normalized spacial score (nSPS) is 11.9. The Bertz CT molecular complexity index is 1200. The summed E-state index contributed by atoms with van der Waals surface area (Å²) in [7, 11) is -2.05. The molecule has 0 saturated carbocycles. The molecule has 0 saturated heterocycles. The topological polar surface area (TPSA) is 95.2 Å². The van der Waals surface area contributed by atoms with Crippen molar-refractivity contribution in [2.75, 3.05) is 12.4 Å². The number of rotatable bonds is 8. The molecule has 3 rings (SSSR count). The van der Waals surface area contributed by atoms with Gasteiger partial charge >= 0.3 is 6.09 Å². The zero-order chi connectivity index (χ0) is 22.8. The predicted molar refractivity (Wildman–Crippen MR) is 121 cm³/mol. The van der Waals surface area contributed by atoms with Crippen LogP contribution in [-0.4, -0.2) is 41.2 Å². The van der Waals surface area contributed by atoms with Crippen LogP contribution in [0.1, 0.15) is 31.5 Å². The molecule has 1 aromatic carbocycles. The Morgan fingerprint density at radius 2 is 2.03 bits per heavy atom. The fourth-order valence-corrected chi connectivity index (χ4v) is 4.48. The van der Waals surface area contributed by atoms with Crippen molar-refractivity contribution in [3.8, 4) is 5.82 Å². The van der Waals surface area contributed by atoms with Crippen LogP contribution in [0.5, 0.6) is 0 Å². The highest BCUT2D eigenvalue weighted by Gasteiger charge is 2.21. The van der Waals surface area contributed by atoms with Gasteiger partial charge in [-0.3, -0.25) is 4.68 Å². The molecule has 168 valence electrons. The van der Waals surface area contributed by atoms with Crippen molar-refractivity contribution in [1.29, 1.82) is 0 Å². The Morgan fingerprint density at radius 3 is 2.74 bits per heavy atom. The highest BCUT2D eigenvalue weighted by Crippen LogP contribution is 2.27. The van der Waals surface area contributed by atoms with Crippen LogP contribution in [0.4, 0.5) is 4.79 Å². The molecule has 0 spiro atoms. The van der Waals surface area contributed by atoms with Crippen molar-refractivity contribution < 1.29 is 17.9 Å². The number of nitrogens with zero attached hydrogens (tertiary/aromatic N) is 3. The maximum atomic E-state index is 12.4. The van der Waals surface area contributed by atoms with E-state index in [1.54, 1.807) is 4.68 Å². The number of halogens is 1. The number of aryl methyl sites for hydroxylation is 2. The number of nitrogens with one attached hydrogen (secondary N) is 1. The number of carbonyl (C=O) groups is 1. The fourth-order valence-electron chi connectivity index (χ4n) is 3.41. The molecule has 31 heavy (non-hydrogen) atoms. The summed E-state index contributed by atoms with van der Waals surface area (Å²) >= 11 is 6.09. The number of sulfonamides is 1. The number of amides is 1. The lowest BCUT2D eigenvalue weighted by Crippen LogP contribution is -2.34. The first-order valence-corrected chi connectivity index (χ1v) is 12.1. The number of fused-ring (bicyclic) bond motifs is 1. The largest absolute Gasteiger partial charge is 0.449 e. The van der Waals surface area contributed by atoms with Crippen molar-refractivity contribution in [3.63, 3.8) is 0 Å². The predicted octanol–water partition coefficient (Wildman–Crippen LogP) is 3.97. The molecule has 2 aromatic heterocycles. The van der Waals surface area contributed by atoms with E-state index in [2.05, 4.69) is 5.10 Å². The highest BCUT2D eigenvalue weighted by molar-refractivity contribution is 7.90. The summed E-state index contributed by atoms with van der Waals surface area (Å²) in [5.41, 5.74) is 2.44. The van der Waals surface area contributed by atoms with Crippen LogP contribution in [0.2, 0.25) is 5.02 Å². The number of hydrogen-bond donors (Lipinski definition) is 1. The first kappa shape index (κ1) is 23.1. The molecule has 0 bridgehead atoms. The van der Waals surface area contributed by atoms with Crippen LogP contribution in [0.25, 0.3) is 16.7 Å². The van der Waals surface area contributed by atoms with E-state index in [1.165, 1.54) is 0 Å². The van der Waals surface area contributed by atoms with Gasteiger partial charge in [-0.2, -0.15) is 5.10 Å². The van der Waals surface area contributed by atoms with Gasteiger partial charge in [0.05, 0.1) is 23.6 Å². The quantitative estimate of drug-likeness (QED) is 0.542. The number of ether oxygens (including phenoxy) is 1. The van der Waals surface area contributed by atoms with Crippen LogP contribution >= 0.6 is 11.6 Å². The second-order valence-corrected chi connectivity index (χ2v) is 10.2. The van der Waals surface area contributed by atoms with E-state index in [9.17, 15) is 13.2 Å². The summed E-state index contributed by atoms with van der Waals surface area (Å²) in [5, 5.41) is 6.08. The Morgan fingerprint density at radius 1 is 1.29 bits per heavy atom. The zero-order valence-electron chi connectivity index (χ0n) is 18.1. The molecule has 1 N–H and O–H groups in total. The molecular weight excluding hydrogens is 440 g/mol. The molecule has 0 aliphatic rings. The number of aromatic nitrogens is 3. The molecule has 0 atom stereocenters. The minimum absolute atomic E-state index is 0.176. The van der Waals surface area contributed by atoms with Gasteiger partial charge in [0.15, 0.2) is 0 Å². The van der Waals surface area contributed by atoms with Gasteiger partial charge in [-0.25, -0.2) is 17.9 Å². The van der Waals surface area contributed by atoms with Crippen LogP contribution < -0.4 is 4.72 Å². The molecule has 3 aromatic rings. The Kier molecular flexibility index (Phi) is 6.96. The molecular formula is C21H27ClN4O4S. The van der Waals surface area contributed by atoms with Gasteiger partial charge in [0.25, 0.3) is 0 Å². The van der Waals surface area contributed by atoms with E-state index in [-0.39, 0.29) is 18.8 Å². The van der Waals surface area contributed by atoms with E-state index in [1.807, 2.05) is 67.6 Å². The van der Waals surface area contributed by atoms with Gasteiger partial charge < -0.3 is 9.30 Å². The van der Waals surface area contributed by atoms with Crippen LogP contribution in [0.15, 0.2) is 30.5 Å². The molecule has 0 radical (unpaired) electrons. The van der Waals surface area contributed by atoms with E-state index in [0.717, 1.165) is 28.0 Å². The molecule has 8 nitrogen and oxygen atoms in total. The SMILES string of the molecule is Cc1nn(C)c(-n2ccc3cc(Cl)ccc32)c1CCS(=O)(=O)NC(=O)OCCC(C)C. The average Bonchev–Trinajstić information content (AvgIpc) is 3.18. The maximum absolute atomic E-state index is 12.4. The van der Waals surface area contributed by atoms with Gasteiger partial charge in [-0.05, 0) is 49.9 Å². The van der Waals surface area contributed by atoms with Crippen LogP contribution in [0, 0.1) is 12.8 Å². The monoisotopic (exact) mass is 466 g/mol. The second kappa shape index (κ2) is 9.32. The summed E-state index contributed by atoms with van der Waals surface area (Å²) < 4.78 is 35.4. The summed E-state index contributed by atoms with van der Waals surface area (Å²) in [6, 6.07) is 7.53. The zero-order valence-corrected chi connectivity index (χ0v) is 19.6. The fraction of sp³-hybridized carbons (Fsp3) is 0.429. The third-order valence-corrected chi connectivity index (χ3v) is 6.44. The molecule has 1 amide bonds. The third-order valence-electron chi connectivity index (χ3n) is 4.98. The third kappa shape index (κ3) is 5.59. The first-order valence-electron chi connectivity index (χ1n) is 10.0.